The number of aromatic hydroxyl groups is 1. The quantitative estimate of drug-likeness (QED) is 0.753. The van der Waals surface area contributed by atoms with Crippen LogP contribution in [0.3, 0.4) is 0 Å². The van der Waals surface area contributed by atoms with Crippen molar-refractivity contribution in [3.05, 3.63) is 29.8 Å². The van der Waals surface area contributed by atoms with Crippen LogP contribution in [0.5, 0.6) is 5.75 Å². The van der Waals surface area contributed by atoms with Crippen LogP contribution in [-0.4, -0.2) is 30.1 Å². The first-order chi connectivity index (χ1) is 8.74. The minimum absolute atomic E-state index is 0.0347. The van der Waals surface area contributed by atoms with Crippen LogP contribution < -0.4 is 10.6 Å². The molecule has 4 heteroatoms. The molecule has 1 saturated heterocycles. The third-order valence-corrected chi connectivity index (χ3v) is 3.22. The SMILES string of the molecule is O=C(Cc1cccc(O)c1)NC1CCCNCC1. The van der Waals surface area contributed by atoms with E-state index in [4.69, 9.17) is 0 Å². The van der Waals surface area contributed by atoms with Crippen molar-refractivity contribution in [2.24, 2.45) is 0 Å². The topological polar surface area (TPSA) is 61.4 Å². The summed E-state index contributed by atoms with van der Waals surface area (Å²) in [5.74, 6) is 0.242. The van der Waals surface area contributed by atoms with E-state index >= 15 is 0 Å². The Kier molecular flexibility index (Phi) is 4.59. The first-order valence-electron chi connectivity index (χ1n) is 6.52. The fraction of sp³-hybridized carbons (Fsp3) is 0.500. The van der Waals surface area contributed by atoms with Crippen LogP contribution in [0.2, 0.25) is 0 Å². The summed E-state index contributed by atoms with van der Waals surface area (Å²) in [5.41, 5.74) is 0.847. The average Bonchev–Trinajstić information content (AvgIpc) is 2.57. The number of rotatable bonds is 3. The van der Waals surface area contributed by atoms with Gasteiger partial charge >= 0.3 is 0 Å². The Hall–Kier alpha value is -1.55. The number of carbonyl (C=O) groups excluding carboxylic acids is 1. The lowest BCUT2D eigenvalue weighted by atomic mass is 10.1. The normalized spacial score (nSPS) is 20.1. The molecule has 1 heterocycles. The first-order valence-corrected chi connectivity index (χ1v) is 6.52. The molecule has 0 saturated carbocycles. The highest BCUT2D eigenvalue weighted by atomic mass is 16.3. The molecule has 1 aliphatic heterocycles. The lowest BCUT2D eigenvalue weighted by molar-refractivity contribution is -0.121. The molecular formula is C14H20N2O2. The van der Waals surface area contributed by atoms with E-state index < -0.39 is 0 Å². The van der Waals surface area contributed by atoms with Crippen LogP contribution >= 0.6 is 0 Å². The maximum atomic E-state index is 11.9. The van der Waals surface area contributed by atoms with E-state index in [1.165, 1.54) is 0 Å². The Morgan fingerprint density at radius 2 is 2.28 bits per heavy atom. The Labute approximate surface area is 107 Å². The number of phenols is 1. The summed E-state index contributed by atoms with van der Waals surface area (Å²) in [4.78, 5) is 11.9. The molecule has 0 radical (unpaired) electrons. The molecule has 0 aromatic heterocycles. The maximum Gasteiger partial charge on any atom is 0.224 e. The van der Waals surface area contributed by atoms with Crippen molar-refractivity contribution in [2.45, 2.75) is 31.7 Å². The van der Waals surface area contributed by atoms with Crippen molar-refractivity contribution >= 4 is 5.91 Å². The summed E-state index contributed by atoms with van der Waals surface area (Å²) >= 11 is 0. The Balaban J connectivity index is 1.84. The molecule has 0 aliphatic carbocycles. The molecule has 98 valence electrons. The molecule has 3 N–H and O–H groups in total. The van der Waals surface area contributed by atoms with Gasteiger partial charge in [0.15, 0.2) is 0 Å². The van der Waals surface area contributed by atoms with E-state index in [1.54, 1.807) is 18.2 Å². The largest absolute Gasteiger partial charge is 0.508 e. The fourth-order valence-corrected chi connectivity index (χ4v) is 2.29. The third kappa shape index (κ3) is 4.04. The van der Waals surface area contributed by atoms with Crippen molar-refractivity contribution in [1.82, 2.24) is 10.6 Å². The molecule has 18 heavy (non-hydrogen) atoms. The standard InChI is InChI=1S/C14H20N2O2/c17-13-5-1-3-11(9-13)10-14(18)16-12-4-2-7-15-8-6-12/h1,3,5,9,12,15,17H,2,4,6-8,10H2,(H,16,18). The lowest BCUT2D eigenvalue weighted by Crippen LogP contribution is -2.36. The molecule has 1 aliphatic rings. The summed E-state index contributed by atoms with van der Waals surface area (Å²) in [6.07, 6.45) is 3.47. The Bertz CT molecular complexity index is 399. The van der Waals surface area contributed by atoms with Crippen molar-refractivity contribution in [3.63, 3.8) is 0 Å². The van der Waals surface area contributed by atoms with E-state index in [0.717, 1.165) is 37.9 Å². The fourth-order valence-electron chi connectivity index (χ4n) is 2.29. The minimum Gasteiger partial charge on any atom is -0.508 e. The second-order valence-corrected chi connectivity index (χ2v) is 4.79. The van der Waals surface area contributed by atoms with Gasteiger partial charge in [-0.2, -0.15) is 0 Å². The van der Waals surface area contributed by atoms with Gasteiger partial charge in [0.25, 0.3) is 0 Å². The third-order valence-electron chi connectivity index (χ3n) is 3.22. The number of phenolic OH excluding ortho intramolecular Hbond substituents is 1. The predicted molar refractivity (Wildman–Crippen MR) is 70.5 cm³/mol. The molecular weight excluding hydrogens is 228 g/mol. The number of benzene rings is 1. The molecule has 2 rings (SSSR count). The maximum absolute atomic E-state index is 11.9. The number of nitrogens with one attached hydrogen (secondary N) is 2. The van der Waals surface area contributed by atoms with Crippen molar-refractivity contribution in [2.75, 3.05) is 13.1 Å². The highest BCUT2D eigenvalue weighted by Gasteiger charge is 2.14. The number of amides is 1. The highest BCUT2D eigenvalue weighted by molar-refractivity contribution is 5.78. The molecule has 1 aromatic rings. The molecule has 0 spiro atoms. The summed E-state index contributed by atoms with van der Waals surface area (Å²) in [6.45, 7) is 2.01. The Morgan fingerprint density at radius 1 is 1.39 bits per heavy atom. The second-order valence-electron chi connectivity index (χ2n) is 4.79. The van der Waals surface area contributed by atoms with Gasteiger partial charge in [-0.1, -0.05) is 12.1 Å². The number of hydrogen-bond donors (Lipinski definition) is 3. The molecule has 4 nitrogen and oxygen atoms in total. The zero-order chi connectivity index (χ0) is 12.8. The monoisotopic (exact) mass is 248 g/mol. The Morgan fingerprint density at radius 3 is 3.11 bits per heavy atom. The van der Waals surface area contributed by atoms with Crippen molar-refractivity contribution in [1.29, 1.82) is 0 Å². The minimum atomic E-state index is 0.0347. The van der Waals surface area contributed by atoms with E-state index in [-0.39, 0.29) is 17.7 Å². The van der Waals surface area contributed by atoms with Gasteiger partial charge in [-0.15, -0.1) is 0 Å². The van der Waals surface area contributed by atoms with E-state index in [0.29, 0.717) is 6.42 Å². The van der Waals surface area contributed by atoms with Gasteiger partial charge in [0, 0.05) is 6.04 Å². The van der Waals surface area contributed by atoms with Gasteiger partial charge in [-0.3, -0.25) is 4.79 Å². The van der Waals surface area contributed by atoms with E-state index in [2.05, 4.69) is 10.6 Å². The highest BCUT2D eigenvalue weighted by Crippen LogP contribution is 2.12. The number of carbonyl (C=O) groups is 1. The van der Waals surface area contributed by atoms with Gasteiger partial charge in [0.1, 0.15) is 5.75 Å². The van der Waals surface area contributed by atoms with Crippen molar-refractivity contribution < 1.29 is 9.90 Å². The summed E-state index contributed by atoms with van der Waals surface area (Å²) in [6, 6.07) is 7.14. The average molecular weight is 248 g/mol. The lowest BCUT2D eigenvalue weighted by Gasteiger charge is -2.15. The summed E-state index contributed by atoms with van der Waals surface area (Å²) in [5, 5.41) is 15.7. The summed E-state index contributed by atoms with van der Waals surface area (Å²) < 4.78 is 0. The smallest absolute Gasteiger partial charge is 0.224 e. The summed E-state index contributed by atoms with van der Waals surface area (Å²) in [7, 11) is 0. The molecule has 0 bridgehead atoms. The van der Waals surface area contributed by atoms with E-state index in [9.17, 15) is 9.90 Å². The van der Waals surface area contributed by atoms with Gasteiger partial charge in [-0.05, 0) is 50.0 Å². The van der Waals surface area contributed by atoms with Crippen LogP contribution in [0.1, 0.15) is 24.8 Å². The van der Waals surface area contributed by atoms with E-state index in [1.807, 2.05) is 6.07 Å². The van der Waals surface area contributed by atoms with Gasteiger partial charge in [-0.25, -0.2) is 0 Å². The molecule has 1 fully saturated rings. The second kappa shape index (κ2) is 6.40. The van der Waals surface area contributed by atoms with Crippen LogP contribution in [0.15, 0.2) is 24.3 Å². The van der Waals surface area contributed by atoms with Crippen LogP contribution in [-0.2, 0) is 11.2 Å². The molecule has 1 unspecified atom stereocenters. The molecule has 1 atom stereocenters. The molecule has 1 amide bonds. The number of hydrogen-bond acceptors (Lipinski definition) is 3. The van der Waals surface area contributed by atoms with Crippen LogP contribution in [0.4, 0.5) is 0 Å². The first kappa shape index (κ1) is 12.9. The zero-order valence-electron chi connectivity index (χ0n) is 10.5. The van der Waals surface area contributed by atoms with Crippen LogP contribution in [0, 0.1) is 0 Å². The zero-order valence-corrected chi connectivity index (χ0v) is 10.5. The van der Waals surface area contributed by atoms with Gasteiger partial charge < -0.3 is 15.7 Å². The van der Waals surface area contributed by atoms with Gasteiger partial charge in [0.05, 0.1) is 6.42 Å². The van der Waals surface area contributed by atoms with Crippen molar-refractivity contribution in [3.8, 4) is 5.75 Å². The van der Waals surface area contributed by atoms with Gasteiger partial charge in [0.2, 0.25) is 5.91 Å². The van der Waals surface area contributed by atoms with Crippen LogP contribution in [0.25, 0.3) is 0 Å². The molecule has 1 aromatic carbocycles. The predicted octanol–water partition coefficient (Wildman–Crippen LogP) is 1.19.